The monoisotopic (exact) mass is 229 g/mol. The van der Waals surface area contributed by atoms with E-state index < -0.39 is 0 Å². The quantitative estimate of drug-likeness (QED) is 0.794. The van der Waals surface area contributed by atoms with Crippen molar-refractivity contribution in [1.29, 1.82) is 0 Å². The van der Waals surface area contributed by atoms with Gasteiger partial charge in [-0.05, 0) is 40.5 Å². The molecule has 0 aromatic heterocycles. The first-order valence-corrected chi connectivity index (χ1v) is 5.85. The Morgan fingerprint density at radius 1 is 1.50 bits per heavy atom. The molecule has 16 heavy (non-hydrogen) atoms. The van der Waals surface area contributed by atoms with Crippen LogP contribution in [0.3, 0.4) is 0 Å². The van der Waals surface area contributed by atoms with Gasteiger partial charge in [0, 0.05) is 13.2 Å². The Labute approximate surface area is 97.7 Å². The maximum absolute atomic E-state index is 11.5. The van der Waals surface area contributed by atoms with E-state index in [1.807, 2.05) is 27.7 Å². The van der Waals surface area contributed by atoms with Gasteiger partial charge in [-0.1, -0.05) is 0 Å². The summed E-state index contributed by atoms with van der Waals surface area (Å²) in [5, 5.41) is 2.85. The molecule has 1 unspecified atom stereocenters. The minimum atomic E-state index is -0.273. The van der Waals surface area contributed by atoms with Crippen LogP contribution in [0.5, 0.6) is 0 Å². The Kier molecular flexibility index (Phi) is 4.33. The lowest BCUT2D eigenvalue weighted by atomic mass is 10.0. The van der Waals surface area contributed by atoms with E-state index in [1.54, 1.807) is 0 Å². The number of carbonyl (C=O) groups excluding carboxylic acids is 1. The number of hydrogen-bond donors (Lipinski definition) is 1. The first-order valence-electron chi connectivity index (χ1n) is 5.85. The fourth-order valence-corrected chi connectivity index (χ4v) is 1.59. The normalized spacial score (nSPS) is 25.8. The van der Waals surface area contributed by atoms with E-state index in [0.717, 1.165) is 19.4 Å². The van der Waals surface area contributed by atoms with Crippen LogP contribution in [0.25, 0.3) is 0 Å². The molecule has 1 fully saturated rings. The fourth-order valence-electron chi connectivity index (χ4n) is 1.59. The van der Waals surface area contributed by atoms with Crippen LogP contribution in [0.2, 0.25) is 0 Å². The molecule has 1 amide bonds. The number of hydrogen-bond acceptors (Lipinski definition) is 3. The van der Waals surface area contributed by atoms with E-state index in [4.69, 9.17) is 9.47 Å². The third-order valence-electron chi connectivity index (χ3n) is 2.60. The van der Waals surface area contributed by atoms with Crippen LogP contribution in [-0.2, 0) is 14.3 Å². The third-order valence-corrected chi connectivity index (χ3v) is 2.60. The van der Waals surface area contributed by atoms with Gasteiger partial charge >= 0.3 is 0 Å². The number of rotatable bonds is 4. The lowest BCUT2D eigenvalue weighted by Crippen LogP contribution is -2.42. The highest BCUT2D eigenvalue weighted by Crippen LogP contribution is 2.23. The second-order valence-corrected chi connectivity index (χ2v) is 5.58. The maximum atomic E-state index is 11.5. The minimum absolute atomic E-state index is 0.0772. The van der Waals surface area contributed by atoms with Crippen molar-refractivity contribution in [3.05, 3.63) is 0 Å². The van der Waals surface area contributed by atoms with Gasteiger partial charge in [0.15, 0.2) is 0 Å². The Bertz CT molecular complexity index is 239. The predicted molar refractivity (Wildman–Crippen MR) is 62.3 cm³/mol. The van der Waals surface area contributed by atoms with Crippen molar-refractivity contribution in [2.24, 2.45) is 0 Å². The van der Waals surface area contributed by atoms with Gasteiger partial charge in [0.1, 0.15) is 6.61 Å². The molecule has 4 heteroatoms. The van der Waals surface area contributed by atoms with Gasteiger partial charge in [-0.15, -0.1) is 0 Å². The molecule has 0 spiro atoms. The van der Waals surface area contributed by atoms with E-state index >= 15 is 0 Å². The van der Waals surface area contributed by atoms with Crippen molar-refractivity contribution in [3.63, 3.8) is 0 Å². The van der Waals surface area contributed by atoms with Crippen LogP contribution in [0.15, 0.2) is 0 Å². The smallest absolute Gasteiger partial charge is 0.246 e. The van der Waals surface area contributed by atoms with E-state index in [1.165, 1.54) is 0 Å². The molecule has 0 aliphatic carbocycles. The van der Waals surface area contributed by atoms with Crippen LogP contribution in [0.1, 0.15) is 40.5 Å². The summed E-state index contributed by atoms with van der Waals surface area (Å²) in [4.78, 5) is 11.5. The van der Waals surface area contributed by atoms with Gasteiger partial charge in [0.25, 0.3) is 0 Å². The Hall–Kier alpha value is -0.610. The van der Waals surface area contributed by atoms with Crippen molar-refractivity contribution in [2.75, 3.05) is 19.8 Å². The average molecular weight is 229 g/mol. The largest absolute Gasteiger partial charge is 0.373 e. The summed E-state index contributed by atoms with van der Waals surface area (Å²) >= 11 is 0. The van der Waals surface area contributed by atoms with E-state index in [9.17, 15) is 4.79 Å². The van der Waals surface area contributed by atoms with Crippen LogP contribution in [0.4, 0.5) is 0 Å². The lowest BCUT2D eigenvalue weighted by Gasteiger charge is -2.24. The zero-order valence-electron chi connectivity index (χ0n) is 10.8. The molecule has 1 atom stereocenters. The van der Waals surface area contributed by atoms with E-state index in [2.05, 4.69) is 5.32 Å². The summed E-state index contributed by atoms with van der Waals surface area (Å²) in [7, 11) is 0. The second kappa shape index (κ2) is 5.15. The maximum Gasteiger partial charge on any atom is 0.246 e. The van der Waals surface area contributed by atoms with Crippen molar-refractivity contribution < 1.29 is 14.3 Å². The average Bonchev–Trinajstić information content (AvgIpc) is 2.59. The molecule has 1 rings (SSSR count). The number of carbonyl (C=O) groups is 1. The predicted octanol–water partition coefficient (Wildman–Crippen LogP) is 1.49. The highest BCUT2D eigenvalue weighted by molar-refractivity contribution is 5.77. The summed E-state index contributed by atoms with van der Waals surface area (Å²) in [5.41, 5.74) is -0.456. The molecule has 0 radical (unpaired) electrons. The van der Waals surface area contributed by atoms with Gasteiger partial charge in [-0.2, -0.15) is 0 Å². The molecule has 0 aromatic rings. The Morgan fingerprint density at radius 2 is 2.19 bits per heavy atom. The molecule has 0 aromatic carbocycles. The van der Waals surface area contributed by atoms with Gasteiger partial charge in [0.2, 0.25) is 5.91 Å². The molecule has 1 saturated heterocycles. The topological polar surface area (TPSA) is 47.6 Å². The number of nitrogens with one attached hydrogen (secondary N) is 1. The van der Waals surface area contributed by atoms with Gasteiger partial charge in [-0.25, -0.2) is 0 Å². The highest BCUT2D eigenvalue weighted by atomic mass is 16.5. The SMILES string of the molecule is CC(C)(C)OCC(=O)NCC1(C)CCCO1. The second-order valence-electron chi connectivity index (χ2n) is 5.58. The molecule has 1 aliphatic rings. The molecule has 1 aliphatic heterocycles. The van der Waals surface area contributed by atoms with Crippen molar-refractivity contribution in [3.8, 4) is 0 Å². The molecular formula is C12H23NO3. The third kappa shape index (κ3) is 4.94. The fraction of sp³-hybridized carbons (Fsp3) is 0.917. The standard InChI is InChI=1S/C12H23NO3/c1-11(2,3)16-8-10(14)13-9-12(4)6-5-7-15-12/h5-9H2,1-4H3,(H,13,14). The van der Waals surface area contributed by atoms with Crippen LogP contribution < -0.4 is 5.32 Å². The minimum Gasteiger partial charge on any atom is -0.373 e. The summed E-state index contributed by atoms with van der Waals surface area (Å²) in [6.45, 7) is 9.31. The van der Waals surface area contributed by atoms with E-state index in [0.29, 0.717) is 6.54 Å². The first-order chi connectivity index (χ1) is 7.31. The summed E-state index contributed by atoms with van der Waals surface area (Å²) in [6, 6.07) is 0. The Balaban J connectivity index is 2.20. The molecule has 0 bridgehead atoms. The number of amides is 1. The molecule has 1 N–H and O–H groups in total. The first kappa shape index (κ1) is 13.5. The summed E-state index contributed by atoms with van der Waals surface area (Å²) < 4.78 is 11.0. The Morgan fingerprint density at radius 3 is 2.69 bits per heavy atom. The van der Waals surface area contributed by atoms with E-state index in [-0.39, 0.29) is 23.7 Å². The summed E-state index contributed by atoms with van der Waals surface area (Å²) in [5.74, 6) is -0.0772. The van der Waals surface area contributed by atoms with Crippen molar-refractivity contribution >= 4 is 5.91 Å². The molecular weight excluding hydrogens is 206 g/mol. The number of ether oxygens (including phenoxy) is 2. The molecule has 94 valence electrons. The lowest BCUT2D eigenvalue weighted by molar-refractivity contribution is -0.131. The van der Waals surface area contributed by atoms with Crippen LogP contribution >= 0.6 is 0 Å². The highest BCUT2D eigenvalue weighted by Gasteiger charge is 2.30. The van der Waals surface area contributed by atoms with Crippen LogP contribution in [-0.4, -0.2) is 36.9 Å². The van der Waals surface area contributed by atoms with Gasteiger partial charge < -0.3 is 14.8 Å². The zero-order valence-corrected chi connectivity index (χ0v) is 10.8. The van der Waals surface area contributed by atoms with Gasteiger partial charge in [-0.3, -0.25) is 4.79 Å². The summed E-state index contributed by atoms with van der Waals surface area (Å²) in [6.07, 6.45) is 2.08. The van der Waals surface area contributed by atoms with Gasteiger partial charge in [0.05, 0.1) is 11.2 Å². The zero-order chi connectivity index (χ0) is 12.2. The molecule has 1 heterocycles. The molecule has 0 saturated carbocycles. The van der Waals surface area contributed by atoms with Crippen LogP contribution in [0, 0.1) is 0 Å². The van der Waals surface area contributed by atoms with Crippen molar-refractivity contribution in [2.45, 2.75) is 51.7 Å². The molecule has 4 nitrogen and oxygen atoms in total. The van der Waals surface area contributed by atoms with Crippen molar-refractivity contribution in [1.82, 2.24) is 5.32 Å².